The van der Waals surface area contributed by atoms with Crippen LogP contribution in [0.5, 0.6) is 0 Å². The molecule has 0 amide bonds. The fourth-order valence-corrected chi connectivity index (χ4v) is 2.70. The van der Waals surface area contributed by atoms with Gasteiger partial charge in [0.15, 0.2) is 0 Å². The molecule has 14 heavy (non-hydrogen) atoms. The van der Waals surface area contributed by atoms with Crippen LogP contribution in [-0.4, -0.2) is 36.6 Å². The van der Waals surface area contributed by atoms with Crippen molar-refractivity contribution in [3.05, 3.63) is 0 Å². The summed E-state index contributed by atoms with van der Waals surface area (Å²) < 4.78 is 0. The Balaban J connectivity index is 1.82. The fourth-order valence-electron chi connectivity index (χ4n) is 2.70. The number of hydrogen-bond acceptors (Lipinski definition) is 2. The van der Waals surface area contributed by atoms with Crippen molar-refractivity contribution in [2.75, 3.05) is 13.6 Å². The van der Waals surface area contributed by atoms with E-state index in [1.807, 2.05) is 0 Å². The molecule has 1 saturated heterocycles. The third-order valence-electron chi connectivity index (χ3n) is 4.22. The van der Waals surface area contributed by atoms with Crippen LogP contribution in [0.4, 0.5) is 0 Å². The second-order valence-corrected chi connectivity index (χ2v) is 5.05. The monoisotopic (exact) mass is 196 g/mol. The van der Waals surface area contributed by atoms with Gasteiger partial charge in [0.05, 0.1) is 0 Å². The Morgan fingerprint density at radius 2 is 1.93 bits per heavy atom. The van der Waals surface area contributed by atoms with Crippen molar-refractivity contribution >= 4 is 0 Å². The molecule has 2 rings (SSSR count). The van der Waals surface area contributed by atoms with Crippen LogP contribution < -0.4 is 5.32 Å². The number of hydrogen-bond donors (Lipinski definition) is 1. The van der Waals surface area contributed by atoms with E-state index >= 15 is 0 Å². The summed E-state index contributed by atoms with van der Waals surface area (Å²) in [6.07, 6.45) is 8.45. The van der Waals surface area contributed by atoms with Gasteiger partial charge >= 0.3 is 0 Å². The van der Waals surface area contributed by atoms with Gasteiger partial charge in [-0.3, -0.25) is 4.90 Å². The number of nitrogens with one attached hydrogen (secondary N) is 1. The van der Waals surface area contributed by atoms with Crippen molar-refractivity contribution in [3.8, 4) is 0 Å². The van der Waals surface area contributed by atoms with Gasteiger partial charge in [-0.05, 0) is 46.2 Å². The lowest BCUT2D eigenvalue weighted by atomic mass is 9.89. The molecule has 2 heteroatoms. The molecule has 0 aromatic carbocycles. The van der Waals surface area contributed by atoms with Gasteiger partial charge in [0.25, 0.3) is 0 Å². The topological polar surface area (TPSA) is 15.3 Å². The van der Waals surface area contributed by atoms with E-state index in [2.05, 4.69) is 24.2 Å². The zero-order chi connectivity index (χ0) is 9.97. The van der Waals surface area contributed by atoms with Gasteiger partial charge in [-0.15, -0.1) is 0 Å². The Morgan fingerprint density at radius 3 is 2.43 bits per heavy atom. The summed E-state index contributed by atoms with van der Waals surface area (Å²) in [5.41, 5.74) is 0. The third-order valence-corrected chi connectivity index (χ3v) is 4.22. The predicted molar refractivity (Wildman–Crippen MR) is 60.5 cm³/mol. The molecule has 0 spiro atoms. The summed E-state index contributed by atoms with van der Waals surface area (Å²) in [5, 5.41) is 3.66. The highest BCUT2D eigenvalue weighted by Crippen LogP contribution is 2.26. The maximum absolute atomic E-state index is 3.66. The van der Waals surface area contributed by atoms with Crippen LogP contribution in [0.3, 0.4) is 0 Å². The summed E-state index contributed by atoms with van der Waals surface area (Å²) in [6.45, 7) is 3.62. The van der Waals surface area contributed by atoms with E-state index in [1.165, 1.54) is 45.1 Å². The minimum atomic E-state index is 0.723. The zero-order valence-electron chi connectivity index (χ0n) is 9.63. The van der Waals surface area contributed by atoms with Crippen LogP contribution in [0, 0.1) is 0 Å². The summed E-state index contributed by atoms with van der Waals surface area (Å²) in [5.74, 6) is 0. The van der Waals surface area contributed by atoms with E-state index in [9.17, 15) is 0 Å². The third kappa shape index (κ3) is 2.12. The molecule has 1 N–H and O–H groups in total. The summed E-state index contributed by atoms with van der Waals surface area (Å²) in [7, 11) is 2.31. The highest BCUT2D eigenvalue weighted by Gasteiger charge is 2.29. The second-order valence-electron chi connectivity index (χ2n) is 5.05. The first-order valence-corrected chi connectivity index (χ1v) is 6.24. The van der Waals surface area contributed by atoms with Gasteiger partial charge in [0, 0.05) is 18.1 Å². The average molecular weight is 196 g/mol. The molecule has 2 fully saturated rings. The predicted octanol–water partition coefficient (Wildman–Crippen LogP) is 2.00. The van der Waals surface area contributed by atoms with Gasteiger partial charge in [-0.2, -0.15) is 0 Å². The lowest BCUT2D eigenvalue weighted by molar-refractivity contribution is 0.0891. The summed E-state index contributed by atoms with van der Waals surface area (Å²) in [4.78, 5) is 2.60. The largest absolute Gasteiger partial charge is 0.312 e. The van der Waals surface area contributed by atoms with E-state index < -0.39 is 0 Å². The van der Waals surface area contributed by atoms with E-state index in [-0.39, 0.29) is 0 Å². The van der Waals surface area contributed by atoms with Crippen molar-refractivity contribution < 1.29 is 0 Å². The Hall–Kier alpha value is -0.0800. The molecule has 2 nitrogen and oxygen atoms in total. The quantitative estimate of drug-likeness (QED) is 0.743. The zero-order valence-corrected chi connectivity index (χ0v) is 9.63. The van der Waals surface area contributed by atoms with Gasteiger partial charge in [0.2, 0.25) is 0 Å². The van der Waals surface area contributed by atoms with Crippen LogP contribution in [0.15, 0.2) is 0 Å². The number of rotatable bonds is 3. The molecule has 1 heterocycles. The lowest BCUT2D eigenvalue weighted by Crippen LogP contribution is -2.53. The van der Waals surface area contributed by atoms with E-state index in [0.29, 0.717) is 0 Å². The maximum atomic E-state index is 3.66. The molecule has 0 aromatic rings. The molecule has 0 bridgehead atoms. The first-order valence-electron chi connectivity index (χ1n) is 6.24. The lowest BCUT2D eigenvalue weighted by Gasteiger charge is -2.42. The minimum Gasteiger partial charge on any atom is -0.312 e. The molecule has 2 atom stereocenters. The van der Waals surface area contributed by atoms with Crippen molar-refractivity contribution in [3.63, 3.8) is 0 Å². The normalized spacial score (nSPS) is 31.5. The molecule has 2 unspecified atom stereocenters. The first-order chi connectivity index (χ1) is 6.79. The molecular weight excluding hydrogens is 172 g/mol. The highest BCUT2D eigenvalue weighted by molar-refractivity contribution is 4.88. The number of piperidine rings is 1. The molecule has 0 aromatic heterocycles. The average Bonchev–Trinajstić information content (AvgIpc) is 2.15. The van der Waals surface area contributed by atoms with Gasteiger partial charge < -0.3 is 5.32 Å². The number of likely N-dealkylation sites (N-methyl/N-ethyl adjacent to an activating group) is 1. The summed E-state index contributed by atoms with van der Waals surface area (Å²) in [6, 6.07) is 2.35. The van der Waals surface area contributed by atoms with Crippen LogP contribution in [0.2, 0.25) is 0 Å². The molecule has 0 radical (unpaired) electrons. The SMILES string of the molecule is CC(C1CCCCN1)N(C)C1CCC1. The Labute approximate surface area is 88.1 Å². The molecule has 1 saturated carbocycles. The Kier molecular flexibility index (Phi) is 3.45. The standard InChI is InChI=1S/C12H24N2/c1-10(12-8-3-4-9-13-12)14(2)11-6-5-7-11/h10-13H,3-9H2,1-2H3. The van der Waals surface area contributed by atoms with E-state index in [1.54, 1.807) is 0 Å². The first kappa shape index (κ1) is 10.4. The molecule has 1 aliphatic heterocycles. The number of nitrogens with zero attached hydrogens (tertiary/aromatic N) is 1. The van der Waals surface area contributed by atoms with Crippen LogP contribution in [-0.2, 0) is 0 Å². The van der Waals surface area contributed by atoms with Crippen LogP contribution >= 0.6 is 0 Å². The van der Waals surface area contributed by atoms with Crippen LogP contribution in [0.1, 0.15) is 45.4 Å². The molecule has 82 valence electrons. The second kappa shape index (κ2) is 4.63. The van der Waals surface area contributed by atoms with Gasteiger partial charge in [-0.1, -0.05) is 12.8 Å². The Morgan fingerprint density at radius 1 is 1.14 bits per heavy atom. The highest BCUT2D eigenvalue weighted by atomic mass is 15.2. The van der Waals surface area contributed by atoms with Gasteiger partial charge in [-0.25, -0.2) is 0 Å². The van der Waals surface area contributed by atoms with Crippen LogP contribution in [0.25, 0.3) is 0 Å². The molecule has 1 aliphatic carbocycles. The van der Waals surface area contributed by atoms with Gasteiger partial charge in [0.1, 0.15) is 0 Å². The smallest absolute Gasteiger partial charge is 0.0220 e. The Bertz CT molecular complexity index is 169. The minimum absolute atomic E-state index is 0.723. The summed E-state index contributed by atoms with van der Waals surface area (Å²) >= 11 is 0. The van der Waals surface area contributed by atoms with Crippen molar-refractivity contribution in [2.24, 2.45) is 0 Å². The molecule has 2 aliphatic rings. The van der Waals surface area contributed by atoms with Crippen molar-refractivity contribution in [1.29, 1.82) is 0 Å². The van der Waals surface area contributed by atoms with E-state index in [4.69, 9.17) is 0 Å². The fraction of sp³-hybridized carbons (Fsp3) is 1.00. The van der Waals surface area contributed by atoms with E-state index in [0.717, 1.165) is 18.1 Å². The maximum Gasteiger partial charge on any atom is 0.0220 e. The van der Waals surface area contributed by atoms with Crippen molar-refractivity contribution in [2.45, 2.75) is 63.6 Å². The van der Waals surface area contributed by atoms with Crippen molar-refractivity contribution in [1.82, 2.24) is 10.2 Å². The molecular formula is C12H24N2.